The minimum Gasteiger partial charge on any atom is -0.507 e. The third-order valence-electron chi connectivity index (χ3n) is 4.40. The number of aliphatic hydroxyl groups is 1. The van der Waals surface area contributed by atoms with Gasteiger partial charge in [-0.3, -0.25) is 9.98 Å². The van der Waals surface area contributed by atoms with Gasteiger partial charge < -0.3 is 15.5 Å². The van der Waals surface area contributed by atoms with Crippen LogP contribution in [-0.4, -0.2) is 40.8 Å². The van der Waals surface area contributed by atoms with Crippen LogP contribution in [0.5, 0.6) is 0 Å². The molecule has 0 saturated heterocycles. The molecule has 162 valence electrons. The maximum Gasteiger partial charge on any atom is 0.341 e. The Morgan fingerprint density at radius 3 is 2.33 bits per heavy atom. The lowest BCUT2D eigenvalue weighted by atomic mass is 10.0. The first-order valence-electron chi connectivity index (χ1n) is 10.1. The van der Waals surface area contributed by atoms with E-state index in [4.69, 9.17) is 0 Å². The highest BCUT2D eigenvalue weighted by molar-refractivity contribution is 6.09. The van der Waals surface area contributed by atoms with Crippen LogP contribution in [0.4, 0.5) is 0 Å². The first kappa shape index (κ1) is 24.9. The number of nitrogens with zero attached hydrogens (tertiary/aromatic N) is 2. The highest BCUT2D eigenvalue weighted by Gasteiger charge is 2.19. The summed E-state index contributed by atoms with van der Waals surface area (Å²) in [5, 5.41) is 22.7. The first-order valence-corrected chi connectivity index (χ1v) is 10.1. The minimum absolute atomic E-state index is 0.240. The van der Waals surface area contributed by atoms with Crippen molar-refractivity contribution < 1.29 is 15.0 Å². The molecule has 1 fully saturated rings. The average molecular weight is 412 g/mol. The number of carbonyl (C=O) groups is 1. The normalized spacial score (nSPS) is 17.1. The molecule has 0 aromatic carbocycles. The molecule has 1 aliphatic carbocycles. The maximum absolute atomic E-state index is 11.4. The number of hydrogen-bond acceptors (Lipinski definition) is 4. The number of hydrogen-bond donors (Lipinski definition) is 3. The third-order valence-corrected chi connectivity index (χ3v) is 4.40. The van der Waals surface area contributed by atoms with Gasteiger partial charge in [-0.05, 0) is 68.4 Å². The summed E-state index contributed by atoms with van der Waals surface area (Å²) in [6, 6.07) is 0.444. The molecule has 1 saturated carbocycles. The molecule has 0 radical (unpaired) electrons. The predicted molar refractivity (Wildman–Crippen MR) is 125 cm³/mol. The summed E-state index contributed by atoms with van der Waals surface area (Å²) in [6.45, 7) is 15.9. The number of allylic oxidation sites excluding steroid dienone is 7. The van der Waals surface area contributed by atoms with Gasteiger partial charge in [-0.25, -0.2) is 4.79 Å². The second kappa shape index (κ2) is 12.4. The summed E-state index contributed by atoms with van der Waals surface area (Å²) in [5.41, 5.74) is 2.84. The Morgan fingerprint density at radius 1 is 1.17 bits per heavy atom. The molecule has 0 spiro atoms. The van der Waals surface area contributed by atoms with Crippen molar-refractivity contribution in [1.29, 1.82) is 0 Å². The van der Waals surface area contributed by atoms with E-state index in [0.29, 0.717) is 18.2 Å². The third kappa shape index (κ3) is 8.90. The Balaban J connectivity index is 2.99. The quantitative estimate of drug-likeness (QED) is 0.146. The van der Waals surface area contributed by atoms with E-state index in [1.807, 2.05) is 33.0 Å². The van der Waals surface area contributed by atoms with Gasteiger partial charge in [0, 0.05) is 19.0 Å². The van der Waals surface area contributed by atoms with Gasteiger partial charge >= 0.3 is 5.97 Å². The van der Waals surface area contributed by atoms with E-state index in [0.717, 1.165) is 41.8 Å². The summed E-state index contributed by atoms with van der Waals surface area (Å²) < 4.78 is 0. The fourth-order valence-electron chi connectivity index (χ4n) is 2.35. The van der Waals surface area contributed by atoms with Crippen molar-refractivity contribution in [3.63, 3.8) is 0 Å². The lowest BCUT2D eigenvalue weighted by molar-refractivity contribution is -0.132. The lowest BCUT2D eigenvalue weighted by Gasteiger charge is -2.08. The molecule has 3 N–H and O–H groups in total. The van der Waals surface area contributed by atoms with E-state index < -0.39 is 5.97 Å². The van der Waals surface area contributed by atoms with Crippen LogP contribution in [0, 0.1) is 0 Å². The molecule has 1 aliphatic rings. The molecule has 6 nitrogen and oxygen atoms in total. The van der Waals surface area contributed by atoms with Crippen molar-refractivity contribution in [2.45, 2.75) is 53.0 Å². The van der Waals surface area contributed by atoms with E-state index in [2.05, 4.69) is 28.5 Å². The number of amidine groups is 1. The Labute approximate surface area is 179 Å². The number of aliphatic imine (C=N–C) groups is 2. The fourth-order valence-corrected chi connectivity index (χ4v) is 2.35. The zero-order valence-corrected chi connectivity index (χ0v) is 18.4. The van der Waals surface area contributed by atoms with E-state index in [-0.39, 0.29) is 11.3 Å². The maximum atomic E-state index is 11.4. The van der Waals surface area contributed by atoms with Gasteiger partial charge in [-0.15, -0.1) is 0 Å². The van der Waals surface area contributed by atoms with Crippen LogP contribution in [0.25, 0.3) is 0 Å². The molecule has 0 bridgehead atoms. The SMILES string of the molecule is C=C/C(=C\NC(C)=NC1CC1)C(=C)/C=C(C)/C(C)=C/C(O)=C(\C=NCCC)C(=O)O. The molecular formula is C24H33N3O3. The van der Waals surface area contributed by atoms with Gasteiger partial charge in [0.25, 0.3) is 0 Å². The Morgan fingerprint density at radius 2 is 1.80 bits per heavy atom. The molecule has 30 heavy (non-hydrogen) atoms. The zero-order valence-electron chi connectivity index (χ0n) is 18.4. The standard InChI is InChI=1S/C24H33N3O3/c1-7-11-25-15-22(24(29)30)23(28)13-17(4)16(3)12-18(5)20(8-2)14-26-19(6)27-21-9-10-21/h8,12-15,21,28H,2,5,7,9-11H2,1,3-4,6H3,(H,26,27)(H,29,30)/b16-12+,17-13+,20-14+,23-22-,25-15?. The molecular weight excluding hydrogens is 378 g/mol. The smallest absolute Gasteiger partial charge is 0.341 e. The van der Waals surface area contributed by atoms with Crippen LogP contribution < -0.4 is 5.32 Å². The summed E-state index contributed by atoms with van der Waals surface area (Å²) in [7, 11) is 0. The van der Waals surface area contributed by atoms with Crippen molar-refractivity contribution in [1.82, 2.24) is 5.32 Å². The van der Waals surface area contributed by atoms with Crippen LogP contribution in [-0.2, 0) is 4.79 Å². The molecule has 0 unspecified atom stereocenters. The molecule has 0 amide bonds. The fraction of sp³-hybridized carbons (Fsp3) is 0.375. The first-order chi connectivity index (χ1) is 14.2. The molecule has 0 aromatic heterocycles. The van der Waals surface area contributed by atoms with Crippen molar-refractivity contribution >= 4 is 18.0 Å². The number of carboxylic acid groups (broad SMARTS) is 1. The van der Waals surface area contributed by atoms with E-state index in [1.54, 1.807) is 13.0 Å². The van der Waals surface area contributed by atoms with Crippen LogP contribution in [0.3, 0.4) is 0 Å². The van der Waals surface area contributed by atoms with Gasteiger partial charge in [0.15, 0.2) is 0 Å². The average Bonchev–Trinajstić information content (AvgIpc) is 3.49. The molecule has 0 heterocycles. The number of rotatable bonds is 11. The number of aliphatic carboxylic acids is 1. The number of carboxylic acids is 1. The second-order valence-electron chi connectivity index (χ2n) is 7.21. The molecule has 0 atom stereocenters. The van der Waals surface area contributed by atoms with Gasteiger partial charge in [0.2, 0.25) is 0 Å². The van der Waals surface area contributed by atoms with Crippen molar-refractivity contribution in [2.75, 3.05) is 6.54 Å². The predicted octanol–water partition coefficient (Wildman–Crippen LogP) is 5.05. The Bertz CT molecular complexity index is 851. The van der Waals surface area contributed by atoms with E-state index in [1.165, 1.54) is 12.3 Å². The summed E-state index contributed by atoms with van der Waals surface area (Å²) >= 11 is 0. The van der Waals surface area contributed by atoms with Crippen molar-refractivity contribution in [3.8, 4) is 0 Å². The topological polar surface area (TPSA) is 94.3 Å². The zero-order chi connectivity index (χ0) is 22.7. The van der Waals surface area contributed by atoms with Crippen LogP contribution >= 0.6 is 0 Å². The highest BCUT2D eigenvalue weighted by atomic mass is 16.4. The van der Waals surface area contributed by atoms with Gasteiger partial charge in [0.05, 0.1) is 11.9 Å². The Hall–Kier alpha value is -3.15. The van der Waals surface area contributed by atoms with E-state index in [9.17, 15) is 15.0 Å². The number of nitrogens with one attached hydrogen (secondary N) is 1. The van der Waals surface area contributed by atoms with Crippen LogP contribution in [0.15, 0.2) is 81.2 Å². The number of aliphatic hydroxyl groups excluding tert-OH is 1. The second-order valence-corrected chi connectivity index (χ2v) is 7.21. The van der Waals surface area contributed by atoms with Crippen LogP contribution in [0.1, 0.15) is 47.0 Å². The Kier molecular flexibility index (Phi) is 10.3. The highest BCUT2D eigenvalue weighted by Crippen LogP contribution is 2.23. The molecule has 0 aromatic rings. The summed E-state index contributed by atoms with van der Waals surface area (Å²) in [5.74, 6) is -0.720. The minimum atomic E-state index is -1.23. The molecule has 0 aliphatic heterocycles. The largest absolute Gasteiger partial charge is 0.507 e. The monoisotopic (exact) mass is 411 g/mol. The van der Waals surface area contributed by atoms with Crippen molar-refractivity contribution in [3.05, 3.63) is 71.2 Å². The van der Waals surface area contributed by atoms with Crippen molar-refractivity contribution in [2.24, 2.45) is 9.98 Å². The van der Waals surface area contributed by atoms with Gasteiger partial charge in [0.1, 0.15) is 11.3 Å². The lowest BCUT2D eigenvalue weighted by Crippen LogP contribution is -2.14. The van der Waals surface area contributed by atoms with Gasteiger partial charge in [-0.2, -0.15) is 0 Å². The molecule has 6 heteroatoms. The summed E-state index contributed by atoms with van der Waals surface area (Å²) in [6.07, 6.45) is 11.1. The van der Waals surface area contributed by atoms with E-state index >= 15 is 0 Å². The van der Waals surface area contributed by atoms with Gasteiger partial charge in [-0.1, -0.05) is 32.2 Å². The molecule has 1 rings (SSSR count). The van der Waals surface area contributed by atoms with Crippen LogP contribution in [0.2, 0.25) is 0 Å². The summed E-state index contributed by atoms with van der Waals surface area (Å²) in [4.78, 5) is 19.9.